The number of nitriles is 1. The molecule has 0 bridgehead atoms. The normalized spacial score (nSPS) is 16.6. The van der Waals surface area contributed by atoms with E-state index in [-0.39, 0.29) is 6.61 Å². The van der Waals surface area contributed by atoms with Crippen LogP contribution in [0.5, 0.6) is 11.5 Å². The van der Waals surface area contributed by atoms with Crippen molar-refractivity contribution in [2.75, 3.05) is 24.7 Å². The molecule has 2 atom stereocenters. The summed E-state index contributed by atoms with van der Waals surface area (Å²) in [5.74, 6) is 3.87. The molecule has 0 aliphatic heterocycles. The highest BCUT2D eigenvalue weighted by Crippen LogP contribution is 2.39. The molecule has 2 aromatic rings. The van der Waals surface area contributed by atoms with Crippen molar-refractivity contribution in [3.05, 3.63) is 59.7 Å². The second-order valence-corrected chi connectivity index (χ2v) is 8.15. The number of hydrogen-bond donors (Lipinski definition) is 1. The summed E-state index contributed by atoms with van der Waals surface area (Å²) in [6.45, 7) is 0.419. The zero-order valence-electron chi connectivity index (χ0n) is 16.0. The van der Waals surface area contributed by atoms with E-state index in [9.17, 15) is 5.11 Å². The Morgan fingerprint density at radius 1 is 1.14 bits per heavy atom. The molecule has 0 spiro atoms. The zero-order valence-corrected chi connectivity index (χ0v) is 16.9. The molecule has 0 radical (unpaired) electrons. The van der Waals surface area contributed by atoms with Crippen molar-refractivity contribution in [2.45, 2.75) is 37.7 Å². The highest BCUT2D eigenvalue weighted by molar-refractivity contribution is 7.99. The highest BCUT2D eigenvalue weighted by Gasteiger charge is 2.22. The van der Waals surface area contributed by atoms with Crippen LogP contribution in [0.4, 0.5) is 0 Å². The molecule has 3 rings (SSSR count). The number of rotatable bonds is 10. The molecule has 2 aromatic carbocycles. The first-order valence-electron chi connectivity index (χ1n) is 9.83. The van der Waals surface area contributed by atoms with Gasteiger partial charge in [0.15, 0.2) is 6.61 Å². The minimum atomic E-state index is -0.463. The van der Waals surface area contributed by atoms with Crippen molar-refractivity contribution in [2.24, 2.45) is 0 Å². The molecule has 0 saturated carbocycles. The topological polar surface area (TPSA) is 62.5 Å². The third-order valence-corrected chi connectivity index (χ3v) is 6.13. The van der Waals surface area contributed by atoms with Gasteiger partial charge < -0.3 is 14.6 Å². The van der Waals surface area contributed by atoms with Gasteiger partial charge in [-0.3, -0.25) is 0 Å². The standard InChI is InChI=1S/C23H27NO3S/c24-13-14-26-23-11-5-9-21-18(6-4-10-22(21)23)12-15-28-17-19(25)16-27-20-7-2-1-3-8-20/h1-3,5,7-9,11,18-19,25H,4,6,10,12,14-17H2. The smallest absolute Gasteiger partial charge is 0.174 e. The molecule has 0 saturated heterocycles. The molecular formula is C23H27NO3S. The van der Waals surface area contributed by atoms with Crippen LogP contribution >= 0.6 is 11.8 Å². The molecule has 0 amide bonds. The first kappa shape index (κ1) is 20.6. The Balaban J connectivity index is 1.43. The number of para-hydroxylation sites is 1. The summed E-state index contributed by atoms with van der Waals surface area (Å²) in [5.41, 5.74) is 2.64. The van der Waals surface area contributed by atoms with Gasteiger partial charge in [0, 0.05) is 5.75 Å². The maximum Gasteiger partial charge on any atom is 0.174 e. The number of aliphatic hydroxyl groups excluding tert-OH is 1. The predicted octanol–water partition coefficient (Wildman–Crippen LogP) is 4.57. The van der Waals surface area contributed by atoms with Gasteiger partial charge in [0.05, 0.1) is 6.10 Å². The fraction of sp³-hybridized carbons (Fsp3) is 0.435. The lowest BCUT2D eigenvalue weighted by Crippen LogP contribution is -2.20. The van der Waals surface area contributed by atoms with Gasteiger partial charge in [-0.2, -0.15) is 17.0 Å². The fourth-order valence-electron chi connectivity index (χ4n) is 3.66. The van der Waals surface area contributed by atoms with Crippen LogP contribution in [0.1, 0.15) is 36.3 Å². The Morgan fingerprint density at radius 3 is 2.82 bits per heavy atom. The average molecular weight is 398 g/mol. The van der Waals surface area contributed by atoms with E-state index in [2.05, 4.69) is 6.07 Å². The average Bonchev–Trinajstić information content (AvgIpc) is 2.74. The summed E-state index contributed by atoms with van der Waals surface area (Å²) in [6, 6.07) is 17.8. The van der Waals surface area contributed by atoms with E-state index >= 15 is 0 Å². The quantitative estimate of drug-likeness (QED) is 0.595. The summed E-state index contributed by atoms with van der Waals surface area (Å²) in [6.07, 6.45) is 3.99. The Kier molecular flexibility index (Phi) is 8.07. The molecule has 28 heavy (non-hydrogen) atoms. The molecule has 2 unspecified atom stereocenters. The second kappa shape index (κ2) is 11.0. The van der Waals surface area contributed by atoms with Gasteiger partial charge in [0.25, 0.3) is 0 Å². The molecule has 0 fully saturated rings. The Bertz CT molecular complexity index is 775. The SMILES string of the molecule is N#CCOc1cccc2c1CCCC2CCSCC(O)COc1ccccc1. The summed E-state index contributed by atoms with van der Waals surface area (Å²) in [7, 11) is 0. The van der Waals surface area contributed by atoms with Gasteiger partial charge in [0.2, 0.25) is 0 Å². The third-order valence-electron chi connectivity index (χ3n) is 4.99. The van der Waals surface area contributed by atoms with Crippen LogP contribution in [0.3, 0.4) is 0 Å². The first-order chi connectivity index (χ1) is 13.8. The van der Waals surface area contributed by atoms with Crippen molar-refractivity contribution in [1.82, 2.24) is 0 Å². The van der Waals surface area contributed by atoms with Crippen molar-refractivity contribution in [3.8, 4) is 17.6 Å². The first-order valence-corrected chi connectivity index (χ1v) is 11.0. The Hall–Kier alpha value is -2.16. The maximum atomic E-state index is 10.1. The largest absolute Gasteiger partial charge is 0.491 e. The molecule has 1 aliphatic carbocycles. The van der Waals surface area contributed by atoms with Gasteiger partial charge >= 0.3 is 0 Å². The number of ether oxygens (including phenoxy) is 2. The highest BCUT2D eigenvalue weighted by atomic mass is 32.2. The molecular weight excluding hydrogens is 370 g/mol. The number of thioether (sulfide) groups is 1. The van der Waals surface area contributed by atoms with Crippen LogP contribution in [0, 0.1) is 11.3 Å². The van der Waals surface area contributed by atoms with Crippen LogP contribution < -0.4 is 9.47 Å². The summed E-state index contributed by atoms with van der Waals surface area (Å²) in [5, 5.41) is 18.9. The van der Waals surface area contributed by atoms with Crippen LogP contribution in [-0.2, 0) is 6.42 Å². The summed E-state index contributed by atoms with van der Waals surface area (Å²) in [4.78, 5) is 0. The van der Waals surface area contributed by atoms with Gasteiger partial charge in [0.1, 0.15) is 24.2 Å². The van der Waals surface area contributed by atoms with Gasteiger partial charge in [-0.25, -0.2) is 0 Å². The van der Waals surface area contributed by atoms with E-state index in [4.69, 9.17) is 14.7 Å². The Labute approximate surface area is 171 Å². The lowest BCUT2D eigenvalue weighted by molar-refractivity contribution is 0.126. The van der Waals surface area contributed by atoms with E-state index in [0.29, 0.717) is 18.3 Å². The molecule has 0 aromatic heterocycles. The van der Waals surface area contributed by atoms with E-state index < -0.39 is 6.10 Å². The molecule has 148 valence electrons. The van der Waals surface area contributed by atoms with E-state index in [1.54, 1.807) is 11.8 Å². The molecule has 1 N–H and O–H groups in total. The van der Waals surface area contributed by atoms with Gasteiger partial charge in [-0.05, 0) is 66.7 Å². The van der Waals surface area contributed by atoms with Crippen LogP contribution in [-0.4, -0.2) is 35.9 Å². The third kappa shape index (κ3) is 5.92. The molecule has 5 heteroatoms. The minimum absolute atomic E-state index is 0.0971. The molecule has 0 heterocycles. The molecule has 4 nitrogen and oxygen atoms in total. The number of aliphatic hydroxyl groups is 1. The van der Waals surface area contributed by atoms with Crippen LogP contribution in [0.15, 0.2) is 48.5 Å². The molecule has 1 aliphatic rings. The van der Waals surface area contributed by atoms with Crippen molar-refractivity contribution in [3.63, 3.8) is 0 Å². The number of nitrogens with zero attached hydrogens (tertiary/aromatic N) is 1. The number of fused-ring (bicyclic) bond motifs is 1. The lowest BCUT2D eigenvalue weighted by atomic mass is 9.81. The predicted molar refractivity (Wildman–Crippen MR) is 113 cm³/mol. The lowest BCUT2D eigenvalue weighted by Gasteiger charge is -2.27. The minimum Gasteiger partial charge on any atom is -0.491 e. The van der Waals surface area contributed by atoms with Crippen LogP contribution in [0.2, 0.25) is 0 Å². The monoisotopic (exact) mass is 397 g/mol. The van der Waals surface area contributed by atoms with E-state index in [1.165, 1.54) is 17.5 Å². The van der Waals surface area contributed by atoms with Gasteiger partial charge in [-0.1, -0.05) is 30.3 Å². The van der Waals surface area contributed by atoms with Crippen LogP contribution in [0.25, 0.3) is 0 Å². The second-order valence-electron chi connectivity index (χ2n) is 7.00. The number of hydrogen-bond acceptors (Lipinski definition) is 5. The van der Waals surface area contributed by atoms with E-state index in [1.807, 2.05) is 48.5 Å². The zero-order chi connectivity index (χ0) is 19.6. The van der Waals surface area contributed by atoms with Gasteiger partial charge in [-0.15, -0.1) is 0 Å². The van der Waals surface area contributed by atoms with Crippen molar-refractivity contribution >= 4 is 11.8 Å². The summed E-state index contributed by atoms with van der Waals surface area (Å²) >= 11 is 1.78. The van der Waals surface area contributed by atoms with Crippen molar-refractivity contribution in [1.29, 1.82) is 5.26 Å². The maximum absolute atomic E-state index is 10.1. The summed E-state index contributed by atoms with van der Waals surface area (Å²) < 4.78 is 11.2. The fourth-order valence-corrected chi connectivity index (χ4v) is 4.65. The van der Waals surface area contributed by atoms with Crippen molar-refractivity contribution < 1.29 is 14.6 Å². The number of benzene rings is 2. The van der Waals surface area contributed by atoms with E-state index in [0.717, 1.165) is 36.5 Å². The Morgan fingerprint density at radius 2 is 2.00 bits per heavy atom.